The molecule has 0 atom stereocenters. The summed E-state index contributed by atoms with van der Waals surface area (Å²) < 4.78 is 12.8. The normalized spacial score (nSPS) is 13.0. The number of pyridine rings is 1. The lowest BCUT2D eigenvalue weighted by atomic mass is 10.1. The second-order valence-electron chi connectivity index (χ2n) is 6.09. The lowest BCUT2D eigenvalue weighted by molar-refractivity contribution is 0.0950. The van der Waals surface area contributed by atoms with Gasteiger partial charge in [0.1, 0.15) is 13.2 Å². The minimum atomic E-state index is -0.214. The molecule has 0 bridgehead atoms. The van der Waals surface area contributed by atoms with E-state index in [2.05, 4.69) is 15.4 Å². The highest BCUT2D eigenvalue weighted by atomic mass is 35.5. The number of halogens is 1. The molecular formula is C18H17ClN4O3. The number of hydrogen-bond acceptors (Lipinski definition) is 5. The van der Waals surface area contributed by atoms with Crippen LogP contribution in [0.3, 0.4) is 0 Å². The highest BCUT2D eigenvalue weighted by molar-refractivity contribution is 6.32. The fourth-order valence-corrected chi connectivity index (χ4v) is 3.27. The summed E-state index contributed by atoms with van der Waals surface area (Å²) in [7, 11) is 1.83. The third-order valence-electron chi connectivity index (χ3n) is 4.23. The molecular weight excluding hydrogens is 356 g/mol. The van der Waals surface area contributed by atoms with Gasteiger partial charge in [-0.1, -0.05) is 11.6 Å². The van der Waals surface area contributed by atoms with Crippen molar-refractivity contribution in [3.05, 3.63) is 46.2 Å². The Hall–Kier alpha value is -2.80. The zero-order chi connectivity index (χ0) is 18.3. The van der Waals surface area contributed by atoms with Gasteiger partial charge in [0.25, 0.3) is 5.91 Å². The molecule has 2 aromatic heterocycles. The van der Waals surface area contributed by atoms with Crippen LogP contribution in [0.25, 0.3) is 11.0 Å². The smallest absolute Gasteiger partial charge is 0.253 e. The molecule has 0 fully saturated rings. The quantitative estimate of drug-likeness (QED) is 0.764. The standard InChI is InChI=1S/C18H17ClN4O3/c1-10-13-7-12(9-20-17(13)23(2)22-10)18(24)21-8-11-5-14(19)16-15(6-11)25-3-4-26-16/h5-7,9H,3-4,8H2,1-2H3,(H,21,24). The first-order valence-corrected chi connectivity index (χ1v) is 8.56. The molecule has 134 valence electrons. The van der Waals surface area contributed by atoms with E-state index in [1.807, 2.05) is 20.0 Å². The number of amides is 1. The van der Waals surface area contributed by atoms with Crippen LogP contribution in [0.1, 0.15) is 21.6 Å². The summed E-state index contributed by atoms with van der Waals surface area (Å²) in [6.45, 7) is 3.17. The van der Waals surface area contributed by atoms with Gasteiger partial charge in [-0.25, -0.2) is 4.98 Å². The van der Waals surface area contributed by atoms with Crippen molar-refractivity contribution in [3.8, 4) is 11.5 Å². The third kappa shape index (κ3) is 2.94. The summed E-state index contributed by atoms with van der Waals surface area (Å²) in [4.78, 5) is 16.8. The number of aromatic nitrogens is 3. The van der Waals surface area contributed by atoms with Crippen molar-refractivity contribution >= 4 is 28.5 Å². The first kappa shape index (κ1) is 16.7. The number of aryl methyl sites for hydroxylation is 2. The third-order valence-corrected chi connectivity index (χ3v) is 4.52. The Morgan fingerprint density at radius 1 is 1.31 bits per heavy atom. The Morgan fingerprint density at radius 3 is 2.96 bits per heavy atom. The summed E-state index contributed by atoms with van der Waals surface area (Å²) in [5.41, 5.74) is 2.90. The SMILES string of the molecule is Cc1nn(C)c2ncc(C(=O)NCc3cc(Cl)c4c(c3)OCCO4)cc12. The first-order chi connectivity index (χ1) is 12.5. The monoisotopic (exact) mass is 372 g/mol. The number of rotatable bonds is 3. The highest BCUT2D eigenvalue weighted by Crippen LogP contribution is 2.38. The fourth-order valence-electron chi connectivity index (χ4n) is 2.98. The van der Waals surface area contributed by atoms with Crippen molar-refractivity contribution in [1.29, 1.82) is 0 Å². The van der Waals surface area contributed by atoms with Crippen LogP contribution in [0.2, 0.25) is 5.02 Å². The predicted molar refractivity (Wildman–Crippen MR) is 96.9 cm³/mol. The Bertz CT molecular complexity index is 1020. The number of hydrogen-bond donors (Lipinski definition) is 1. The number of ether oxygens (including phenoxy) is 2. The minimum absolute atomic E-state index is 0.214. The van der Waals surface area contributed by atoms with Gasteiger partial charge in [-0.3, -0.25) is 9.48 Å². The average molecular weight is 373 g/mol. The summed E-state index contributed by atoms with van der Waals surface area (Å²) in [6.07, 6.45) is 1.55. The van der Waals surface area contributed by atoms with Gasteiger partial charge in [0, 0.05) is 25.2 Å². The molecule has 0 aliphatic carbocycles. The molecule has 26 heavy (non-hydrogen) atoms. The van der Waals surface area contributed by atoms with Gasteiger partial charge in [0.2, 0.25) is 0 Å². The number of carbonyl (C=O) groups excluding carboxylic acids is 1. The van der Waals surface area contributed by atoms with E-state index in [9.17, 15) is 4.79 Å². The molecule has 1 aliphatic heterocycles. The molecule has 0 saturated carbocycles. The zero-order valence-corrected chi connectivity index (χ0v) is 15.1. The highest BCUT2D eigenvalue weighted by Gasteiger charge is 2.17. The minimum Gasteiger partial charge on any atom is -0.486 e. The van der Waals surface area contributed by atoms with E-state index in [0.29, 0.717) is 41.8 Å². The molecule has 0 unspecified atom stereocenters. The Kier molecular flexibility index (Phi) is 4.16. The van der Waals surface area contributed by atoms with Gasteiger partial charge in [0.05, 0.1) is 16.3 Å². The van der Waals surface area contributed by atoms with E-state index < -0.39 is 0 Å². The van der Waals surface area contributed by atoms with Crippen LogP contribution in [0.4, 0.5) is 0 Å². The lowest BCUT2D eigenvalue weighted by Crippen LogP contribution is -2.23. The van der Waals surface area contributed by atoms with E-state index in [1.54, 1.807) is 23.0 Å². The molecule has 0 radical (unpaired) electrons. The first-order valence-electron chi connectivity index (χ1n) is 8.18. The van der Waals surface area contributed by atoms with Crippen LogP contribution in [0.15, 0.2) is 24.4 Å². The topological polar surface area (TPSA) is 78.3 Å². The van der Waals surface area contributed by atoms with Gasteiger partial charge < -0.3 is 14.8 Å². The van der Waals surface area contributed by atoms with E-state index >= 15 is 0 Å². The summed E-state index contributed by atoms with van der Waals surface area (Å²) in [6, 6.07) is 5.40. The van der Waals surface area contributed by atoms with Crippen LogP contribution < -0.4 is 14.8 Å². The average Bonchev–Trinajstić information content (AvgIpc) is 2.93. The molecule has 1 aromatic carbocycles. The molecule has 3 aromatic rings. The summed E-state index contributed by atoms with van der Waals surface area (Å²) in [5.74, 6) is 0.936. The van der Waals surface area contributed by atoms with Crippen LogP contribution in [-0.2, 0) is 13.6 Å². The van der Waals surface area contributed by atoms with Crippen molar-refractivity contribution in [2.24, 2.45) is 7.05 Å². The molecule has 1 amide bonds. The Balaban J connectivity index is 1.52. The molecule has 7 nitrogen and oxygen atoms in total. The number of nitrogens with zero attached hydrogens (tertiary/aromatic N) is 3. The van der Waals surface area contributed by atoms with Crippen LogP contribution in [0.5, 0.6) is 11.5 Å². The fraction of sp³-hybridized carbons (Fsp3) is 0.278. The molecule has 0 spiro atoms. The van der Waals surface area contributed by atoms with E-state index in [1.165, 1.54) is 0 Å². The van der Waals surface area contributed by atoms with Gasteiger partial charge in [0.15, 0.2) is 17.1 Å². The number of fused-ring (bicyclic) bond motifs is 2. The predicted octanol–water partition coefficient (Wildman–Crippen LogP) is 2.63. The van der Waals surface area contributed by atoms with E-state index in [-0.39, 0.29) is 5.91 Å². The van der Waals surface area contributed by atoms with Crippen molar-refractivity contribution < 1.29 is 14.3 Å². The van der Waals surface area contributed by atoms with Crippen LogP contribution in [0, 0.1) is 6.92 Å². The maximum atomic E-state index is 12.5. The molecule has 1 N–H and O–H groups in total. The Morgan fingerprint density at radius 2 is 2.12 bits per heavy atom. The largest absolute Gasteiger partial charge is 0.486 e. The molecule has 4 rings (SSSR count). The second kappa shape index (κ2) is 6.49. The van der Waals surface area contributed by atoms with Crippen molar-refractivity contribution in [1.82, 2.24) is 20.1 Å². The molecule has 0 saturated heterocycles. The van der Waals surface area contributed by atoms with Gasteiger partial charge in [-0.2, -0.15) is 5.10 Å². The van der Waals surface area contributed by atoms with Crippen molar-refractivity contribution in [2.75, 3.05) is 13.2 Å². The molecule has 8 heteroatoms. The van der Waals surface area contributed by atoms with Gasteiger partial charge in [-0.05, 0) is 30.7 Å². The van der Waals surface area contributed by atoms with Crippen LogP contribution in [-0.4, -0.2) is 33.9 Å². The molecule has 1 aliphatic rings. The van der Waals surface area contributed by atoms with Gasteiger partial charge >= 0.3 is 0 Å². The van der Waals surface area contributed by atoms with Gasteiger partial charge in [-0.15, -0.1) is 0 Å². The van der Waals surface area contributed by atoms with Crippen molar-refractivity contribution in [3.63, 3.8) is 0 Å². The summed E-state index contributed by atoms with van der Waals surface area (Å²) in [5, 5.41) is 8.53. The maximum Gasteiger partial charge on any atom is 0.253 e. The second-order valence-corrected chi connectivity index (χ2v) is 6.50. The lowest BCUT2D eigenvalue weighted by Gasteiger charge is -2.20. The maximum absolute atomic E-state index is 12.5. The van der Waals surface area contributed by atoms with Crippen molar-refractivity contribution in [2.45, 2.75) is 13.5 Å². The van der Waals surface area contributed by atoms with E-state index in [0.717, 1.165) is 22.3 Å². The number of nitrogens with one attached hydrogen (secondary N) is 1. The molecule has 3 heterocycles. The zero-order valence-electron chi connectivity index (χ0n) is 14.4. The number of carbonyl (C=O) groups is 1. The number of benzene rings is 1. The summed E-state index contributed by atoms with van der Waals surface area (Å²) >= 11 is 6.23. The van der Waals surface area contributed by atoms with E-state index in [4.69, 9.17) is 21.1 Å². The van der Waals surface area contributed by atoms with Crippen LogP contribution >= 0.6 is 11.6 Å². The Labute approximate surface area is 154 Å².